The molecule has 1 heterocycles. The molecule has 84 valence electrons. The molecule has 0 spiro atoms. The van der Waals surface area contributed by atoms with Crippen LogP contribution in [0.1, 0.15) is 44.7 Å². The SMILES string of the molecule is C[C@H](NCc1csnn1)C1CCCCC1. The van der Waals surface area contributed by atoms with Crippen LogP contribution in [0.25, 0.3) is 0 Å². The second-order valence-electron chi connectivity index (χ2n) is 4.46. The fraction of sp³-hybridized carbons (Fsp3) is 0.818. The molecule has 1 aliphatic carbocycles. The Kier molecular flexibility index (Phi) is 4.09. The number of hydrogen-bond acceptors (Lipinski definition) is 4. The highest BCUT2D eigenvalue weighted by molar-refractivity contribution is 7.03. The van der Waals surface area contributed by atoms with Crippen molar-refractivity contribution in [1.82, 2.24) is 14.9 Å². The van der Waals surface area contributed by atoms with Gasteiger partial charge < -0.3 is 5.32 Å². The maximum absolute atomic E-state index is 4.04. The Hall–Kier alpha value is -0.480. The summed E-state index contributed by atoms with van der Waals surface area (Å²) in [7, 11) is 0. The van der Waals surface area contributed by atoms with Gasteiger partial charge in [-0.2, -0.15) is 0 Å². The van der Waals surface area contributed by atoms with Gasteiger partial charge in [-0.25, -0.2) is 0 Å². The molecule has 1 saturated carbocycles. The molecule has 0 aromatic carbocycles. The van der Waals surface area contributed by atoms with E-state index in [-0.39, 0.29) is 0 Å². The summed E-state index contributed by atoms with van der Waals surface area (Å²) in [4.78, 5) is 0. The molecule has 1 aliphatic rings. The predicted molar refractivity (Wildman–Crippen MR) is 62.8 cm³/mol. The van der Waals surface area contributed by atoms with E-state index in [0.717, 1.165) is 18.2 Å². The highest BCUT2D eigenvalue weighted by atomic mass is 32.1. The normalized spacial score (nSPS) is 20.3. The molecule has 1 N–H and O–H groups in total. The summed E-state index contributed by atoms with van der Waals surface area (Å²) in [6, 6.07) is 0.618. The number of nitrogens with zero attached hydrogens (tertiary/aromatic N) is 2. The fourth-order valence-electron chi connectivity index (χ4n) is 2.33. The molecule has 2 rings (SSSR count). The van der Waals surface area contributed by atoms with Crippen molar-refractivity contribution in [3.8, 4) is 0 Å². The first kappa shape index (κ1) is 11.0. The maximum Gasteiger partial charge on any atom is 0.0893 e. The molecule has 1 aromatic rings. The lowest BCUT2D eigenvalue weighted by Crippen LogP contribution is -2.34. The topological polar surface area (TPSA) is 37.8 Å². The minimum absolute atomic E-state index is 0.618. The third-order valence-corrected chi connectivity index (χ3v) is 3.92. The molecule has 0 unspecified atom stereocenters. The van der Waals surface area contributed by atoms with Crippen molar-refractivity contribution in [2.75, 3.05) is 0 Å². The van der Waals surface area contributed by atoms with Crippen LogP contribution < -0.4 is 5.32 Å². The zero-order chi connectivity index (χ0) is 10.5. The van der Waals surface area contributed by atoms with E-state index >= 15 is 0 Å². The summed E-state index contributed by atoms with van der Waals surface area (Å²) in [6.07, 6.45) is 7.04. The summed E-state index contributed by atoms with van der Waals surface area (Å²) < 4.78 is 3.86. The van der Waals surface area contributed by atoms with E-state index in [2.05, 4.69) is 21.8 Å². The summed E-state index contributed by atoms with van der Waals surface area (Å²) in [5.74, 6) is 0.866. The summed E-state index contributed by atoms with van der Waals surface area (Å²) in [5.41, 5.74) is 1.07. The van der Waals surface area contributed by atoms with Crippen molar-refractivity contribution < 1.29 is 0 Å². The first-order valence-corrected chi connectivity index (χ1v) is 6.69. The van der Waals surface area contributed by atoms with Gasteiger partial charge in [-0.3, -0.25) is 0 Å². The molecule has 0 aliphatic heterocycles. The van der Waals surface area contributed by atoms with Crippen molar-refractivity contribution in [2.45, 2.75) is 51.6 Å². The van der Waals surface area contributed by atoms with E-state index in [0.29, 0.717) is 6.04 Å². The summed E-state index contributed by atoms with van der Waals surface area (Å²) >= 11 is 1.43. The predicted octanol–water partition coefficient (Wildman–Crippen LogP) is 2.60. The zero-order valence-corrected chi connectivity index (χ0v) is 10.1. The van der Waals surface area contributed by atoms with Crippen LogP contribution in [0.15, 0.2) is 5.38 Å². The zero-order valence-electron chi connectivity index (χ0n) is 9.28. The number of aromatic nitrogens is 2. The Morgan fingerprint density at radius 3 is 2.93 bits per heavy atom. The molecule has 0 bridgehead atoms. The van der Waals surface area contributed by atoms with Gasteiger partial charge in [0.25, 0.3) is 0 Å². The van der Waals surface area contributed by atoms with Crippen LogP contribution in [0.2, 0.25) is 0 Å². The van der Waals surface area contributed by atoms with E-state index < -0.39 is 0 Å². The monoisotopic (exact) mass is 225 g/mol. The van der Waals surface area contributed by atoms with Gasteiger partial charge in [-0.05, 0) is 37.2 Å². The standard InChI is InChI=1S/C11H19N3S/c1-9(10-5-3-2-4-6-10)12-7-11-8-15-14-13-11/h8-10,12H,2-7H2,1H3/t9-/m0/s1. The Balaban J connectivity index is 1.74. The van der Waals surface area contributed by atoms with Crippen molar-refractivity contribution in [1.29, 1.82) is 0 Å². The minimum atomic E-state index is 0.618. The van der Waals surface area contributed by atoms with Gasteiger partial charge in [0.1, 0.15) is 0 Å². The molecule has 3 nitrogen and oxygen atoms in total. The Morgan fingerprint density at radius 2 is 2.27 bits per heavy atom. The van der Waals surface area contributed by atoms with Gasteiger partial charge in [-0.15, -0.1) is 5.10 Å². The first-order chi connectivity index (χ1) is 7.36. The quantitative estimate of drug-likeness (QED) is 0.856. The van der Waals surface area contributed by atoms with Gasteiger partial charge in [0, 0.05) is 18.0 Å². The molecule has 0 amide bonds. The van der Waals surface area contributed by atoms with Crippen LogP contribution in [-0.2, 0) is 6.54 Å². The van der Waals surface area contributed by atoms with Crippen LogP contribution >= 0.6 is 11.5 Å². The lowest BCUT2D eigenvalue weighted by atomic mass is 9.84. The minimum Gasteiger partial charge on any atom is -0.308 e. The third-order valence-electron chi connectivity index (χ3n) is 3.37. The van der Waals surface area contributed by atoms with E-state index in [1.54, 1.807) is 0 Å². The molecular formula is C11H19N3S. The first-order valence-electron chi connectivity index (χ1n) is 5.85. The van der Waals surface area contributed by atoms with Crippen molar-refractivity contribution in [3.05, 3.63) is 11.1 Å². The van der Waals surface area contributed by atoms with Crippen LogP contribution in [0.4, 0.5) is 0 Å². The molecule has 15 heavy (non-hydrogen) atoms. The molecule has 1 fully saturated rings. The lowest BCUT2D eigenvalue weighted by Gasteiger charge is -2.28. The van der Waals surface area contributed by atoms with Gasteiger partial charge in [0.15, 0.2) is 0 Å². The summed E-state index contributed by atoms with van der Waals surface area (Å²) in [6.45, 7) is 3.17. The number of rotatable bonds is 4. The van der Waals surface area contributed by atoms with E-state index in [4.69, 9.17) is 0 Å². The van der Waals surface area contributed by atoms with Crippen LogP contribution in [0, 0.1) is 5.92 Å². The van der Waals surface area contributed by atoms with Crippen LogP contribution in [-0.4, -0.2) is 15.6 Å². The largest absolute Gasteiger partial charge is 0.308 e. The van der Waals surface area contributed by atoms with Crippen molar-refractivity contribution in [2.24, 2.45) is 5.92 Å². The molecule has 1 aromatic heterocycles. The summed E-state index contributed by atoms with van der Waals surface area (Å²) in [5, 5.41) is 9.61. The van der Waals surface area contributed by atoms with Gasteiger partial charge in [-0.1, -0.05) is 23.8 Å². The highest BCUT2D eigenvalue weighted by Gasteiger charge is 2.19. The molecular weight excluding hydrogens is 206 g/mol. The molecule has 4 heteroatoms. The smallest absolute Gasteiger partial charge is 0.0893 e. The van der Waals surface area contributed by atoms with Gasteiger partial charge in [0.05, 0.1) is 5.69 Å². The van der Waals surface area contributed by atoms with Gasteiger partial charge >= 0.3 is 0 Å². The third kappa shape index (κ3) is 3.24. The van der Waals surface area contributed by atoms with E-state index in [1.807, 2.05) is 5.38 Å². The lowest BCUT2D eigenvalue weighted by molar-refractivity contribution is 0.280. The second-order valence-corrected chi connectivity index (χ2v) is 5.07. The molecule has 0 saturated heterocycles. The van der Waals surface area contributed by atoms with Crippen LogP contribution in [0.3, 0.4) is 0 Å². The average Bonchev–Trinajstić information content (AvgIpc) is 2.80. The molecule has 1 atom stereocenters. The number of nitrogens with one attached hydrogen (secondary N) is 1. The highest BCUT2D eigenvalue weighted by Crippen LogP contribution is 2.26. The Bertz CT molecular complexity index is 267. The Morgan fingerprint density at radius 1 is 1.47 bits per heavy atom. The maximum atomic E-state index is 4.04. The van der Waals surface area contributed by atoms with Gasteiger partial charge in [0.2, 0.25) is 0 Å². The molecule has 0 radical (unpaired) electrons. The van der Waals surface area contributed by atoms with Crippen molar-refractivity contribution in [3.63, 3.8) is 0 Å². The number of hydrogen-bond donors (Lipinski definition) is 1. The van der Waals surface area contributed by atoms with Crippen LogP contribution in [0.5, 0.6) is 0 Å². The van der Waals surface area contributed by atoms with E-state index in [9.17, 15) is 0 Å². The van der Waals surface area contributed by atoms with Crippen molar-refractivity contribution >= 4 is 11.5 Å². The van der Waals surface area contributed by atoms with E-state index in [1.165, 1.54) is 43.6 Å². The fourth-order valence-corrected chi connectivity index (χ4v) is 2.78. The second kappa shape index (κ2) is 5.56. The Labute approximate surface area is 95.4 Å². The average molecular weight is 225 g/mol.